The SMILES string of the molecule is c1ccc(-c2ccc(-n3c4ccccc4c4cc5c6ccccc6n(-c6cccc(-c7ccc8c(c7)oc7ccccc78)c6)c5cc43)cc2)cc1. The lowest BCUT2D eigenvalue weighted by molar-refractivity contribution is 0.669. The monoisotopic (exact) mass is 650 g/mol. The third kappa shape index (κ3) is 4.25. The highest BCUT2D eigenvalue weighted by molar-refractivity contribution is 6.19. The van der Waals surface area contributed by atoms with E-state index in [2.05, 4.69) is 179 Å². The van der Waals surface area contributed by atoms with Crippen LogP contribution >= 0.6 is 0 Å². The summed E-state index contributed by atoms with van der Waals surface area (Å²) in [6, 6.07) is 65.6. The Balaban J connectivity index is 1.13. The highest BCUT2D eigenvalue weighted by Crippen LogP contribution is 2.40. The summed E-state index contributed by atoms with van der Waals surface area (Å²) in [5, 5.41) is 7.28. The Morgan fingerprint density at radius 2 is 0.824 bits per heavy atom. The van der Waals surface area contributed by atoms with E-state index >= 15 is 0 Å². The fourth-order valence-electron chi connectivity index (χ4n) is 8.15. The highest BCUT2D eigenvalue weighted by atomic mass is 16.3. The second-order valence-corrected chi connectivity index (χ2v) is 13.4. The molecule has 3 aromatic heterocycles. The van der Waals surface area contributed by atoms with E-state index in [0.29, 0.717) is 0 Å². The van der Waals surface area contributed by atoms with Gasteiger partial charge in [-0.25, -0.2) is 0 Å². The zero-order valence-corrected chi connectivity index (χ0v) is 27.6. The molecule has 11 aromatic rings. The van der Waals surface area contributed by atoms with Crippen molar-refractivity contribution in [2.75, 3.05) is 0 Å². The van der Waals surface area contributed by atoms with E-state index in [9.17, 15) is 0 Å². The van der Waals surface area contributed by atoms with Crippen LogP contribution in [-0.4, -0.2) is 9.13 Å². The van der Waals surface area contributed by atoms with Gasteiger partial charge in [0.05, 0.1) is 22.1 Å². The molecule has 0 fully saturated rings. The van der Waals surface area contributed by atoms with E-state index in [4.69, 9.17) is 4.42 Å². The van der Waals surface area contributed by atoms with Gasteiger partial charge in [0.25, 0.3) is 0 Å². The van der Waals surface area contributed by atoms with Crippen molar-refractivity contribution in [1.82, 2.24) is 9.13 Å². The molecule has 238 valence electrons. The van der Waals surface area contributed by atoms with E-state index in [1.807, 2.05) is 12.1 Å². The van der Waals surface area contributed by atoms with E-state index in [1.165, 1.54) is 54.7 Å². The standard InChI is InChI=1S/C48H30N2O/c1-2-11-31(12-3-1)32-21-24-35(25-22-32)49-43-18-7-4-15-37(43)41-29-42-38-16-5-8-19-44(38)50(46(42)30-45(41)49)36-14-10-13-33(27-36)34-23-26-40-39-17-6-9-20-47(39)51-48(40)28-34/h1-30H. The van der Waals surface area contributed by atoms with Crippen molar-refractivity contribution in [3.8, 4) is 33.6 Å². The molecule has 0 aliphatic rings. The summed E-state index contributed by atoms with van der Waals surface area (Å²) >= 11 is 0. The molecule has 3 heteroatoms. The maximum absolute atomic E-state index is 6.27. The fourth-order valence-corrected chi connectivity index (χ4v) is 8.15. The van der Waals surface area contributed by atoms with Gasteiger partial charge in [0.1, 0.15) is 11.2 Å². The molecular formula is C48H30N2O. The van der Waals surface area contributed by atoms with Crippen LogP contribution < -0.4 is 0 Å². The average molecular weight is 651 g/mol. The van der Waals surface area contributed by atoms with Gasteiger partial charge in [-0.15, -0.1) is 0 Å². The second kappa shape index (κ2) is 10.8. The lowest BCUT2D eigenvalue weighted by Crippen LogP contribution is -1.96. The molecular weight excluding hydrogens is 621 g/mol. The first-order valence-corrected chi connectivity index (χ1v) is 17.4. The van der Waals surface area contributed by atoms with Crippen molar-refractivity contribution in [3.63, 3.8) is 0 Å². The van der Waals surface area contributed by atoms with E-state index in [1.54, 1.807) is 0 Å². The summed E-state index contributed by atoms with van der Waals surface area (Å²) < 4.78 is 11.1. The summed E-state index contributed by atoms with van der Waals surface area (Å²) in [6.45, 7) is 0. The predicted octanol–water partition coefficient (Wildman–Crippen LogP) is 13.1. The van der Waals surface area contributed by atoms with Gasteiger partial charge in [-0.05, 0) is 89.0 Å². The number of aromatic nitrogens is 2. The molecule has 0 radical (unpaired) electrons. The number of furan rings is 1. The Labute approximate surface area is 293 Å². The quantitative estimate of drug-likeness (QED) is 0.186. The van der Waals surface area contributed by atoms with Crippen molar-refractivity contribution in [2.24, 2.45) is 0 Å². The number of nitrogens with zero attached hydrogens (tertiary/aromatic N) is 2. The molecule has 0 atom stereocenters. The summed E-state index contributed by atoms with van der Waals surface area (Å²) in [6.07, 6.45) is 0. The molecule has 0 unspecified atom stereocenters. The third-order valence-corrected chi connectivity index (χ3v) is 10.5. The summed E-state index contributed by atoms with van der Waals surface area (Å²) in [7, 11) is 0. The molecule has 0 aliphatic carbocycles. The Morgan fingerprint density at radius 3 is 1.57 bits per heavy atom. The molecule has 11 rings (SSSR count). The lowest BCUT2D eigenvalue weighted by atomic mass is 10.0. The topological polar surface area (TPSA) is 23.0 Å². The first kappa shape index (κ1) is 28.0. The van der Waals surface area contributed by atoms with Crippen LogP contribution in [0.25, 0.3) is 99.2 Å². The fraction of sp³-hybridized carbons (Fsp3) is 0. The molecule has 0 N–H and O–H groups in total. The van der Waals surface area contributed by atoms with E-state index in [-0.39, 0.29) is 0 Å². The molecule has 0 saturated heterocycles. The van der Waals surface area contributed by atoms with Crippen molar-refractivity contribution >= 4 is 65.6 Å². The van der Waals surface area contributed by atoms with Gasteiger partial charge < -0.3 is 13.6 Å². The van der Waals surface area contributed by atoms with Gasteiger partial charge in [-0.3, -0.25) is 0 Å². The Bertz CT molecular complexity index is 3120. The third-order valence-electron chi connectivity index (χ3n) is 10.5. The first-order valence-electron chi connectivity index (χ1n) is 17.4. The summed E-state index contributed by atoms with van der Waals surface area (Å²) in [4.78, 5) is 0. The average Bonchev–Trinajstić information content (AvgIpc) is 3.84. The van der Waals surface area contributed by atoms with Gasteiger partial charge in [0.2, 0.25) is 0 Å². The number of fused-ring (bicyclic) bond motifs is 9. The molecule has 8 aromatic carbocycles. The van der Waals surface area contributed by atoms with Crippen molar-refractivity contribution in [1.29, 1.82) is 0 Å². The van der Waals surface area contributed by atoms with Crippen LogP contribution in [0.5, 0.6) is 0 Å². The molecule has 3 nitrogen and oxygen atoms in total. The van der Waals surface area contributed by atoms with Gasteiger partial charge in [0, 0.05) is 43.7 Å². The molecule has 3 heterocycles. The van der Waals surface area contributed by atoms with Crippen LogP contribution in [0, 0.1) is 0 Å². The molecule has 0 amide bonds. The highest BCUT2D eigenvalue weighted by Gasteiger charge is 2.19. The van der Waals surface area contributed by atoms with Crippen LogP contribution in [0.1, 0.15) is 0 Å². The summed E-state index contributed by atoms with van der Waals surface area (Å²) in [5.74, 6) is 0. The van der Waals surface area contributed by atoms with Crippen LogP contribution in [-0.2, 0) is 0 Å². The predicted molar refractivity (Wildman–Crippen MR) is 213 cm³/mol. The van der Waals surface area contributed by atoms with E-state index in [0.717, 1.165) is 44.4 Å². The normalized spacial score (nSPS) is 11.9. The first-order chi connectivity index (χ1) is 25.3. The molecule has 0 bridgehead atoms. The van der Waals surface area contributed by atoms with Crippen LogP contribution in [0.2, 0.25) is 0 Å². The van der Waals surface area contributed by atoms with Gasteiger partial charge in [-0.1, -0.05) is 115 Å². The Hall–Kier alpha value is -6.84. The maximum Gasteiger partial charge on any atom is 0.136 e. The lowest BCUT2D eigenvalue weighted by Gasteiger charge is -2.12. The second-order valence-electron chi connectivity index (χ2n) is 13.4. The zero-order chi connectivity index (χ0) is 33.5. The minimum Gasteiger partial charge on any atom is -0.456 e. The molecule has 51 heavy (non-hydrogen) atoms. The van der Waals surface area contributed by atoms with Crippen molar-refractivity contribution < 1.29 is 4.42 Å². The van der Waals surface area contributed by atoms with Crippen LogP contribution in [0.15, 0.2) is 186 Å². The minimum atomic E-state index is 0.906. The van der Waals surface area contributed by atoms with Crippen LogP contribution in [0.3, 0.4) is 0 Å². The Kier molecular flexibility index (Phi) is 5.96. The number of para-hydroxylation sites is 3. The van der Waals surface area contributed by atoms with Crippen molar-refractivity contribution in [3.05, 3.63) is 182 Å². The number of rotatable bonds is 4. The van der Waals surface area contributed by atoms with Gasteiger partial charge in [0.15, 0.2) is 0 Å². The number of hydrogen-bond donors (Lipinski definition) is 0. The largest absolute Gasteiger partial charge is 0.456 e. The number of hydrogen-bond acceptors (Lipinski definition) is 1. The zero-order valence-electron chi connectivity index (χ0n) is 27.6. The minimum absolute atomic E-state index is 0.906. The summed E-state index contributed by atoms with van der Waals surface area (Å²) in [5.41, 5.74) is 13.6. The van der Waals surface area contributed by atoms with Gasteiger partial charge in [-0.2, -0.15) is 0 Å². The molecule has 0 spiro atoms. The molecule has 0 saturated carbocycles. The number of benzene rings is 8. The maximum atomic E-state index is 6.27. The molecule has 0 aliphatic heterocycles. The van der Waals surface area contributed by atoms with E-state index < -0.39 is 0 Å². The van der Waals surface area contributed by atoms with Crippen LogP contribution in [0.4, 0.5) is 0 Å². The Morgan fingerprint density at radius 1 is 0.275 bits per heavy atom. The van der Waals surface area contributed by atoms with Crippen molar-refractivity contribution in [2.45, 2.75) is 0 Å². The van der Waals surface area contributed by atoms with Gasteiger partial charge >= 0.3 is 0 Å². The smallest absolute Gasteiger partial charge is 0.136 e.